The Hall–Kier alpha value is -4.78. The third-order valence-corrected chi connectivity index (χ3v) is 8.19. The van der Waals surface area contributed by atoms with Crippen LogP contribution >= 0.6 is 0 Å². The molecule has 0 saturated heterocycles. The topological polar surface area (TPSA) is 87.1 Å². The molecule has 6 rings (SSSR count). The molecule has 1 saturated carbocycles. The molecule has 5 aromatic rings. The minimum absolute atomic E-state index is 0.0818. The van der Waals surface area contributed by atoms with Gasteiger partial charge >= 0.3 is 0 Å². The molecule has 3 unspecified atom stereocenters. The van der Waals surface area contributed by atoms with Crippen molar-refractivity contribution < 1.29 is 13.6 Å². The van der Waals surface area contributed by atoms with Gasteiger partial charge in [-0.2, -0.15) is 0 Å². The summed E-state index contributed by atoms with van der Waals surface area (Å²) in [7, 11) is 0. The zero-order valence-electron chi connectivity index (χ0n) is 24.9. The van der Waals surface area contributed by atoms with Gasteiger partial charge in [-0.3, -0.25) is 0 Å². The largest absolute Gasteiger partial charge is 0.493 e. The van der Waals surface area contributed by atoms with Crippen LogP contribution in [-0.2, 0) is 5.41 Å². The zero-order valence-corrected chi connectivity index (χ0v) is 24.9. The predicted molar refractivity (Wildman–Crippen MR) is 168 cm³/mol. The van der Waals surface area contributed by atoms with Crippen molar-refractivity contribution in [1.29, 1.82) is 0 Å². The lowest BCUT2D eigenvalue weighted by Gasteiger charge is -2.18. The second kappa shape index (κ2) is 11.8. The van der Waals surface area contributed by atoms with E-state index < -0.39 is 0 Å². The Kier molecular flexibility index (Phi) is 7.80. The van der Waals surface area contributed by atoms with Crippen molar-refractivity contribution in [3.63, 3.8) is 0 Å². The van der Waals surface area contributed by atoms with Gasteiger partial charge in [0.2, 0.25) is 23.6 Å². The SMILES string of the molecule is C=CC1CC(C=C)C(COc2cccc(-c3nnc(-c4ccc(-c5nnc(-c6ccc(C(C)(C)C)cc6)o5)cc4)o3)c2)C1. The van der Waals surface area contributed by atoms with Crippen molar-refractivity contribution in [2.24, 2.45) is 17.8 Å². The maximum absolute atomic E-state index is 6.18. The zero-order chi connectivity index (χ0) is 30.0. The summed E-state index contributed by atoms with van der Waals surface area (Å²) in [5.41, 5.74) is 4.62. The summed E-state index contributed by atoms with van der Waals surface area (Å²) in [5.74, 6) is 3.96. The summed E-state index contributed by atoms with van der Waals surface area (Å²) in [4.78, 5) is 0. The molecule has 0 N–H and O–H groups in total. The Balaban J connectivity index is 1.12. The molecule has 7 heteroatoms. The average Bonchev–Trinajstić information content (AvgIpc) is 3.80. The van der Waals surface area contributed by atoms with E-state index in [1.807, 2.05) is 72.8 Å². The molecule has 7 nitrogen and oxygen atoms in total. The van der Waals surface area contributed by atoms with E-state index in [1.54, 1.807) is 0 Å². The summed E-state index contributed by atoms with van der Waals surface area (Å²) in [6, 6.07) is 23.6. The van der Waals surface area contributed by atoms with Crippen molar-refractivity contribution >= 4 is 0 Å². The first-order chi connectivity index (χ1) is 20.8. The number of nitrogens with zero attached hydrogens (tertiary/aromatic N) is 4. The minimum atomic E-state index is 0.0818. The quantitative estimate of drug-likeness (QED) is 0.163. The Morgan fingerprint density at radius 3 is 1.77 bits per heavy atom. The highest BCUT2D eigenvalue weighted by atomic mass is 16.5. The van der Waals surface area contributed by atoms with Crippen LogP contribution in [0, 0.1) is 17.8 Å². The molecule has 1 aliphatic carbocycles. The fourth-order valence-corrected chi connectivity index (χ4v) is 5.58. The fraction of sp³-hybridized carbons (Fsp3) is 0.278. The summed E-state index contributed by atoms with van der Waals surface area (Å²) in [6.07, 6.45) is 6.26. The van der Waals surface area contributed by atoms with Crippen LogP contribution in [-0.4, -0.2) is 27.0 Å². The van der Waals surface area contributed by atoms with E-state index >= 15 is 0 Å². The average molecular weight is 573 g/mol. The number of hydrogen-bond acceptors (Lipinski definition) is 7. The molecule has 2 heterocycles. The van der Waals surface area contributed by atoms with E-state index in [0.29, 0.717) is 47.9 Å². The third kappa shape index (κ3) is 6.21. The highest BCUT2D eigenvalue weighted by Gasteiger charge is 2.31. The molecule has 0 spiro atoms. The molecule has 3 atom stereocenters. The molecule has 43 heavy (non-hydrogen) atoms. The van der Waals surface area contributed by atoms with E-state index in [1.165, 1.54) is 5.56 Å². The molecule has 218 valence electrons. The van der Waals surface area contributed by atoms with Crippen LogP contribution < -0.4 is 4.74 Å². The first kappa shape index (κ1) is 28.3. The Morgan fingerprint density at radius 2 is 1.26 bits per heavy atom. The second-order valence-corrected chi connectivity index (χ2v) is 12.2. The number of hydrogen-bond donors (Lipinski definition) is 0. The van der Waals surface area contributed by atoms with Gasteiger partial charge < -0.3 is 13.6 Å². The van der Waals surface area contributed by atoms with Crippen LogP contribution in [0.4, 0.5) is 0 Å². The molecule has 0 bridgehead atoms. The first-order valence-electron chi connectivity index (χ1n) is 14.7. The second-order valence-electron chi connectivity index (χ2n) is 12.2. The van der Waals surface area contributed by atoms with E-state index in [-0.39, 0.29) is 5.41 Å². The third-order valence-electron chi connectivity index (χ3n) is 8.19. The van der Waals surface area contributed by atoms with Gasteiger partial charge in [0, 0.05) is 22.3 Å². The van der Waals surface area contributed by atoms with Gasteiger partial charge in [0.1, 0.15) is 5.75 Å². The van der Waals surface area contributed by atoms with Crippen molar-refractivity contribution in [2.75, 3.05) is 6.61 Å². The van der Waals surface area contributed by atoms with Crippen LogP contribution in [0.2, 0.25) is 0 Å². The Morgan fingerprint density at radius 1 is 0.721 bits per heavy atom. The number of aromatic nitrogens is 4. The Bertz CT molecular complexity index is 1710. The summed E-state index contributed by atoms with van der Waals surface area (Å²) in [6.45, 7) is 15.2. The van der Waals surface area contributed by atoms with Gasteiger partial charge in [-0.05, 0) is 96.2 Å². The fourth-order valence-electron chi connectivity index (χ4n) is 5.58. The highest BCUT2D eigenvalue weighted by Crippen LogP contribution is 2.38. The first-order valence-corrected chi connectivity index (χ1v) is 14.7. The van der Waals surface area contributed by atoms with Gasteiger partial charge in [-0.1, -0.05) is 51.1 Å². The van der Waals surface area contributed by atoms with Gasteiger partial charge in [0.15, 0.2) is 0 Å². The van der Waals surface area contributed by atoms with Crippen LogP contribution in [0.5, 0.6) is 5.75 Å². The highest BCUT2D eigenvalue weighted by molar-refractivity contribution is 5.64. The van der Waals surface area contributed by atoms with Crippen LogP contribution in [0.15, 0.2) is 107 Å². The molecule has 0 aliphatic heterocycles. The van der Waals surface area contributed by atoms with Gasteiger partial charge in [-0.25, -0.2) is 0 Å². The van der Waals surface area contributed by atoms with Crippen molar-refractivity contribution in [3.8, 4) is 51.6 Å². The molecule has 0 amide bonds. The lowest BCUT2D eigenvalue weighted by Crippen LogP contribution is -2.15. The van der Waals surface area contributed by atoms with Gasteiger partial charge in [-0.15, -0.1) is 33.6 Å². The van der Waals surface area contributed by atoms with Crippen molar-refractivity contribution in [3.05, 3.63) is 104 Å². The predicted octanol–water partition coefficient (Wildman–Crippen LogP) is 8.81. The lowest BCUT2D eigenvalue weighted by atomic mass is 9.87. The smallest absolute Gasteiger partial charge is 0.248 e. The van der Waals surface area contributed by atoms with E-state index in [2.05, 4.69) is 66.5 Å². The molecule has 1 aliphatic rings. The van der Waals surface area contributed by atoms with E-state index in [4.69, 9.17) is 13.6 Å². The van der Waals surface area contributed by atoms with Gasteiger partial charge in [0.25, 0.3) is 0 Å². The van der Waals surface area contributed by atoms with E-state index in [0.717, 1.165) is 40.8 Å². The maximum Gasteiger partial charge on any atom is 0.248 e. The molecule has 1 fully saturated rings. The lowest BCUT2D eigenvalue weighted by molar-refractivity contribution is 0.230. The van der Waals surface area contributed by atoms with Crippen molar-refractivity contribution in [2.45, 2.75) is 39.0 Å². The summed E-state index contributed by atoms with van der Waals surface area (Å²) >= 11 is 0. The summed E-state index contributed by atoms with van der Waals surface area (Å²) in [5, 5.41) is 17.1. The Labute approximate surface area is 252 Å². The van der Waals surface area contributed by atoms with E-state index in [9.17, 15) is 0 Å². The standard InChI is InChI=1S/C36H36N4O3/c1-6-23-19-24(7-2)29(20-23)22-41-31-10-8-9-28(21-31)35-40-39-33(43-35)26-13-11-25(12-14-26)32-37-38-34(42-32)27-15-17-30(18-16-27)36(3,4)5/h6-18,21,23-24,29H,1-2,19-20,22H2,3-5H3. The number of allylic oxidation sites excluding steroid dienone is 2. The molecule has 3 aromatic carbocycles. The molecule has 2 aromatic heterocycles. The minimum Gasteiger partial charge on any atom is -0.493 e. The molecular formula is C36H36N4O3. The monoisotopic (exact) mass is 572 g/mol. The molecule has 0 radical (unpaired) electrons. The van der Waals surface area contributed by atoms with Crippen LogP contribution in [0.25, 0.3) is 45.8 Å². The summed E-state index contributed by atoms with van der Waals surface area (Å²) < 4.78 is 18.2. The maximum atomic E-state index is 6.18. The number of benzene rings is 3. The number of ether oxygens (including phenoxy) is 1. The number of rotatable bonds is 9. The van der Waals surface area contributed by atoms with Crippen LogP contribution in [0.1, 0.15) is 39.2 Å². The van der Waals surface area contributed by atoms with Gasteiger partial charge in [0.05, 0.1) is 6.61 Å². The van der Waals surface area contributed by atoms with Crippen LogP contribution in [0.3, 0.4) is 0 Å². The molecular weight excluding hydrogens is 536 g/mol. The van der Waals surface area contributed by atoms with Crippen molar-refractivity contribution in [1.82, 2.24) is 20.4 Å². The normalized spacial score (nSPS) is 18.4.